The number of ether oxygens (including phenoxy) is 2. The number of hydrogen-bond donors (Lipinski definition) is 2. The number of methoxy groups -OCH3 is 1. The molecule has 0 saturated carbocycles. The fourth-order valence-corrected chi connectivity index (χ4v) is 1.63. The highest BCUT2D eigenvalue weighted by Gasteiger charge is 1.99. The molecule has 0 aliphatic rings. The van der Waals surface area contributed by atoms with Crippen molar-refractivity contribution in [3.05, 3.63) is 47.9 Å². The second kappa shape index (κ2) is 7.42. The molecular weight excluding hydrogens is 256 g/mol. The molecule has 1 aromatic heterocycles. The monoisotopic (exact) mass is 274 g/mol. The lowest BCUT2D eigenvalue weighted by Crippen LogP contribution is -2.09. The van der Waals surface area contributed by atoms with E-state index in [0.29, 0.717) is 12.4 Å². The molecule has 0 aliphatic heterocycles. The topological polar surface area (TPSA) is 82.3 Å². The van der Waals surface area contributed by atoms with Crippen LogP contribution in [-0.4, -0.2) is 23.7 Å². The van der Waals surface area contributed by atoms with E-state index in [0.717, 1.165) is 24.5 Å². The summed E-state index contributed by atoms with van der Waals surface area (Å²) in [5.41, 5.74) is 4.39. The van der Waals surface area contributed by atoms with Gasteiger partial charge < -0.3 is 14.9 Å². The van der Waals surface area contributed by atoms with Crippen LogP contribution in [0, 0.1) is 0 Å². The predicted octanol–water partition coefficient (Wildman–Crippen LogP) is 1.53. The molecule has 0 fully saturated rings. The van der Waals surface area contributed by atoms with Crippen LogP contribution in [0.5, 0.6) is 5.75 Å². The van der Waals surface area contributed by atoms with Gasteiger partial charge in [-0.25, -0.2) is 10.8 Å². The molecule has 0 bridgehead atoms. The van der Waals surface area contributed by atoms with Crippen LogP contribution < -0.4 is 16.0 Å². The van der Waals surface area contributed by atoms with Gasteiger partial charge in [-0.2, -0.15) is 0 Å². The SMILES string of the molecule is COCCc1ccc(OCc2cnc(NN)cn2)cc1. The molecule has 1 heterocycles. The van der Waals surface area contributed by atoms with Gasteiger partial charge in [-0.3, -0.25) is 4.98 Å². The Bertz CT molecular complexity index is 514. The number of nitrogen functional groups attached to an aromatic ring is 1. The van der Waals surface area contributed by atoms with Gasteiger partial charge in [0.15, 0.2) is 5.82 Å². The van der Waals surface area contributed by atoms with Crippen molar-refractivity contribution in [3.63, 3.8) is 0 Å². The first-order chi connectivity index (χ1) is 9.81. The Morgan fingerprint density at radius 3 is 2.55 bits per heavy atom. The van der Waals surface area contributed by atoms with Crippen LogP contribution in [0.25, 0.3) is 0 Å². The van der Waals surface area contributed by atoms with Crippen molar-refractivity contribution >= 4 is 5.82 Å². The van der Waals surface area contributed by atoms with E-state index in [9.17, 15) is 0 Å². The molecule has 1 aromatic carbocycles. The highest BCUT2D eigenvalue weighted by atomic mass is 16.5. The summed E-state index contributed by atoms with van der Waals surface area (Å²) in [4.78, 5) is 8.24. The molecule has 2 rings (SSSR count). The third kappa shape index (κ3) is 4.18. The van der Waals surface area contributed by atoms with Crippen molar-refractivity contribution in [3.8, 4) is 5.75 Å². The lowest BCUT2D eigenvalue weighted by molar-refractivity contribution is 0.202. The molecule has 6 nitrogen and oxygen atoms in total. The molecule has 0 spiro atoms. The van der Waals surface area contributed by atoms with E-state index in [2.05, 4.69) is 15.4 Å². The largest absolute Gasteiger partial charge is 0.487 e. The van der Waals surface area contributed by atoms with Gasteiger partial charge in [0.1, 0.15) is 12.4 Å². The Labute approximate surface area is 117 Å². The first-order valence-electron chi connectivity index (χ1n) is 6.30. The Balaban J connectivity index is 1.86. The average Bonchev–Trinajstić information content (AvgIpc) is 2.52. The number of aromatic nitrogens is 2. The van der Waals surface area contributed by atoms with E-state index in [4.69, 9.17) is 15.3 Å². The van der Waals surface area contributed by atoms with E-state index in [1.165, 1.54) is 5.56 Å². The highest BCUT2D eigenvalue weighted by Crippen LogP contribution is 2.14. The summed E-state index contributed by atoms with van der Waals surface area (Å²) in [5.74, 6) is 6.55. The van der Waals surface area contributed by atoms with Crippen molar-refractivity contribution in [1.29, 1.82) is 0 Å². The maximum atomic E-state index is 5.64. The normalized spacial score (nSPS) is 10.3. The third-order valence-electron chi connectivity index (χ3n) is 2.76. The molecule has 2 aromatic rings. The Morgan fingerprint density at radius 1 is 1.15 bits per heavy atom. The minimum Gasteiger partial charge on any atom is -0.487 e. The molecule has 0 atom stereocenters. The van der Waals surface area contributed by atoms with Gasteiger partial charge in [0.25, 0.3) is 0 Å². The van der Waals surface area contributed by atoms with E-state index in [-0.39, 0.29) is 0 Å². The number of benzene rings is 1. The quantitative estimate of drug-likeness (QED) is 0.588. The Morgan fingerprint density at radius 2 is 1.95 bits per heavy atom. The lowest BCUT2D eigenvalue weighted by Gasteiger charge is -2.07. The number of nitrogens with zero attached hydrogens (tertiary/aromatic N) is 2. The second-order valence-electron chi connectivity index (χ2n) is 4.21. The van der Waals surface area contributed by atoms with Crippen molar-refractivity contribution in [1.82, 2.24) is 9.97 Å². The zero-order valence-corrected chi connectivity index (χ0v) is 11.4. The number of nitrogens with one attached hydrogen (secondary N) is 1. The van der Waals surface area contributed by atoms with Gasteiger partial charge in [-0.1, -0.05) is 12.1 Å². The Hall–Kier alpha value is -2.18. The molecule has 0 unspecified atom stereocenters. The van der Waals surface area contributed by atoms with Crippen molar-refractivity contribution in [2.75, 3.05) is 19.1 Å². The first-order valence-corrected chi connectivity index (χ1v) is 6.30. The van der Waals surface area contributed by atoms with Crippen molar-refractivity contribution in [2.24, 2.45) is 5.84 Å². The van der Waals surface area contributed by atoms with E-state index >= 15 is 0 Å². The van der Waals surface area contributed by atoms with Gasteiger partial charge in [0.2, 0.25) is 0 Å². The van der Waals surface area contributed by atoms with Crippen LogP contribution in [0.1, 0.15) is 11.3 Å². The van der Waals surface area contributed by atoms with E-state index in [1.54, 1.807) is 19.5 Å². The van der Waals surface area contributed by atoms with Crippen LogP contribution in [0.15, 0.2) is 36.7 Å². The summed E-state index contributed by atoms with van der Waals surface area (Å²) >= 11 is 0. The van der Waals surface area contributed by atoms with E-state index < -0.39 is 0 Å². The molecule has 3 N–H and O–H groups in total. The van der Waals surface area contributed by atoms with Crippen molar-refractivity contribution in [2.45, 2.75) is 13.0 Å². The van der Waals surface area contributed by atoms with Crippen LogP contribution in [0.4, 0.5) is 5.82 Å². The smallest absolute Gasteiger partial charge is 0.158 e. The van der Waals surface area contributed by atoms with E-state index in [1.807, 2.05) is 24.3 Å². The van der Waals surface area contributed by atoms with Gasteiger partial charge in [0, 0.05) is 7.11 Å². The molecule has 0 radical (unpaired) electrons. The molecule has 0 aliphatic carbocycles. The van der Waals surface area contributed by atoms with Gasteiger partial charge in [-0.05, 0) is 24.1 Å². The number of hydrogen-bond acceptors (Lipinski definition) is 6. The molecule has 106 valence electrons. The summed E-state index contributed by atoms with van der Waals surface area (Å²) in [5, 5.41) is 0. The average molecular weight is 274 g/mol. The molecule has 6 heteroatoms. The highest BCUT2D eigenvalue weighted by molar-refractivity contribution is 5.29. The zero-order valence-electron chi connectivity index (χ0n) is 11.4. The number of anilines is 1. The summed E-state index contributed by atoms with van der Waals surface area (Å²) < 4.78 is 10.7. The minimum absolute atomic E-state index is 0.370. The summed E-state index contributed by atoms with van der Waals surface area (Å²) in [6.45, 7) is 1.09. The Kier molecular flexibility index (Phi) is 5.28. The minimum atomic E-state index is 0.370. The van der Waals surface area contributed by atoms with Gasteiger partial charge >= 0.3 is 0 Å². The second-order valence-corrected chi connectivity index (χ2v) is 4.21. The summed E-state index contributed by atoms with van der Waals surface area (Å²) in [6, 6.07) is 7.94. The van der Waals surface area contributed by atoms with Crippen LogP contribution >= 0.6 is 0 Å². The number of hydrazine groups is 1. The maximum absolute atomic E-state index is 5.64. The summed E-state index contributed by atoms with van der Waals surface area (Å²) in [6.07, 6.45) is 4.09. The number of nitrogens with two attached hydrogens (primary N) is 1. The van der Waals surface area contributed by atoms with Crippen molar-refractivity contribution < 1.29 is 9.47 Å². The van der Waals surface area contributed by atoms with Crippen LogP contribution in [-0.2, 0) is 17.8 Å². The standard InChI is InChI=1S/C14H18N4O2/c1-19-7-6-11-2-4-13(5-3-11)20-10-12-8-17-14(18-15)9-16-12/h2-5,8-9H,6-7,10,15H2,1H3,(H,17,18). The van der Waals surface area contributed by atoms with Crippen LogP contribution in [0.2, 0.25) is 0 Å². The predicted molar refractivity (Wildman–Crippen MR) is 76.2 cm³/mol. The lowest BCUT2D eigenvalue weighted by atomic mass is 10.1. The molecule has 0 saturated heterocycles. The van der Waals surface area contributed by atoms with Gasteiger partial charge in [0.05, 0.1) is 24.7 Å². The van der Waals surface area contributed by atoms with Crippen LogP contribution in [0.3, 0.4) is 0 Å². The fraction of sp³-hybridized carbons (Fsp3) is 0.286. The number of rotatable bonds is 7. The molecule has 0 amide bonds. The van der Waals surface area contributed by atoms with Gasteiger partial charge in [-0.15, -0.1) is 0 Å². The molecule has 20 heavy (non-hydrogen) atoms. The molecular formula is C14H18N4O2. The maximum Gasteiger partial charge on any atom is 0.158 e. The zero-order chi connectivity index (χ0) is 14.2. The fourth-order valence-electron chi connectivity index (χ4n) is 1.63. The first kappa shape index (κ1) is 14.2. The third-order valence-corrected chi connectivity index (χ3v) is 2.76. The summed E-state index contributed by atoms with van der Waals surface area (Å²) in [7, 11) is 1.70.